The Bertz CT molecular complexity index is 1620. The number of pyridine rings is 1. The van der Waals surface area contributed by atoms with Crippen LogP contribution in [0.2, 0.25) is 0 Å². The van der Waals surface area contributed by atoms with Crippen molar-refractivity contribution in [2.75, 3.05) is 17.3 Å². The molecule has 0 bridgehead atoms. The molecule has 5 nitrogen and oxygen atoms in total. The molecule has 3 aromatic rings. The zero-order valence-electron chi connectivity index (χ0n) is 21.5. The van der Waals surface area contributed by atoms with Gasteiger partial charge in [0.2, 0.25) is 5.95 Å². The summed E-state index contributed by atoms with van der Waals surface area (Å²) in [5.41, 5.74) is -15.6. The number of nitrogens with one attached hydrogen (secondary N) is 1. The van der Waals surface area contributed by atoms with Gasteiger partial charge in [0.25, 0.3) is 11.8 Å². The fourth-order valence-corrected chi connectivity index (χ4v) is 4.58. The number of amides is 2. The highest BCUT2D eigenvalue weighted by molar-refractivity contribution is 14.1. The van der Waals surface area contributed by atoms with Gasteiger partial charge in [-0.3, -0.25) is 9.59 Å². The SMILES string of the molecule is CN(C(=O)c1ccc(F)nc1)c1cccc(C(=O)Nc2c(I)cc(C(F)(C(F)(F)F)C(F)(F)C(F)(F)F)cc2C(F)(F)F)c1F. The monoisotopic (exact) mass is 779 g/mol. The number of aromatic nitrogens is 1. The Balaban J connectivity index is 2.12. The molecular weight excluding hydrogens is 767 g/mol. The molecule has 0 spiro atoms. The predicted molar refractivity (Wildman–Crippen MR) is 135 cm³/mol. The van der Waals surface area contributed by atoms with Gasteiger partial charge in [0.1, 0.15) is 0 Å². The predicted octanol–water partition coefficient (Wildman–Crippen LogP) is 8.44. The molecule has 0 saturated heterocycles. The van der Waals surface area contributed by atoms with Crippen molar-refractivity contribution in [1.82, 2.24) is 4.98 Å². The van der Waals surface area contributed by atoms with E-state index in [-0.39, 0.29) is 5.56 Å². The fourth-order valence-electron chi connectivity index (χ4n) is 3.81. The molecule has 3 rings (SSSR count). The highest BCUT2D eigenvalue weighted by Gasteiger charge is 2.82. The van der Waals surface area contributed by atoms with Crippen molar-refractivity contribution in [3.63, 3.8) is 0 Å². The minimum Gasteiger partial charge on any atom is -0.320 e. The topological polar surface area (TPSA) is 62.3 Å². The van der Waals surface area contributed by atoms with Crippen molar-refractivity contribution in [2.45, 2.75) is 30.1 Å². The fraction of sp³-hybridized carbons (Fsp3) is 0.240. The van der Waals surface area contributed by atoms with Crippen LogP contribution in [-0.4, -0.2) is 42.1 Å². The summed E-state index contributed by atoms with van der Waals surface area (Å²) in [5.74, 6) is -12.6. The first kappa shape index (κ1) is 35.8. The number of anilines is 2. The van der Waals surface area contributed by atoms with Crippen LogP contribution in [0.25, 0.3) is 0 Å². The maximum atomic E-state index is 15.3. The van der Waals surface area contributed by atoms with Crippen molar-refractivity contribution >= 4 is 45.8 Å². The molecule has 1 atom stereocenters. The second-order valence-corrected chi connectivity index (χ2v) is 10.1. The largest absolute Gasteiger partial charge is 0.457 e. The van der Waals surface area contributed by atoms with Gasteiger partial charge < -0.3 is 10.2 Å². The second-order valence-electron chi connectivity index (χ2n) is 8.93. The number of alkyl halides is 12. The van der Waals surface area contributed by atoms with E-state index < -0.39 is 97.5 Å². The number of hydrogen-bond donors (Lipinski definition) is 1. The normalized spacial score (nSPS) is 14.1. The molecule has 1 unspecified atom stereocenters. The van der Waals surface area contributed by atoms with Gasteiger partial charge in [0.15, 0.2) is 5.82 Å². The van der Waals surface area contributed by atoms with E-state index in [0.717, 1.165) is 37.5 Å². The molecule has 0 saturated carbocycles. The quantitative estimate of drug-likeness (QED) is 0.155. The smallest absolute Gasteiger partial charge is 0.320 e. The summed E-state index contributed by atoms with van der Waals surface area (Å²) < 4.78 is 190. The van der Waals surface area contributed by atoms with Gasteiger partial charge >= 0.3 is 30.1 Å². The number of rotatable bonds is 6. The van der Waals surface area contributed by atoms with Crippen LogP contribution in [-0.2, 0) is 11.8 Å². The van der Waals surface area contributed by atoms with Crippen LogP contribution in [0.1, 0.15) is 31.8 Å². The minimum atomic E-state index is -7.29. The van der Waals surface area contributed by atoms with Crippen LogP contribution in [0, 0.1) is 15.3 Å². The molecule has 0 radical (unpaired) electrons. The van der Waals surface area contributed by atoms with Gasteiger partial charge in [-0.15, -0.1) is 0 Å². The van der Waals surface area contributed by atoms with Gasteiger partial charge in [-0.05, 0) is 59.0 Å². The van der Waals surface area contributed by atoms with E-state index in [1.54, 1.807) is 0 Å². The Labute approximate surface area is 255 Å². The molecule has 0 aliphatic carbocycles. The number of halogens is 15. The summed E-state index contributed by atoms with van der Waals surface area (Å²) in [5, 5.41) is 1.49. The Morgan fingerprint density at radius 1 is 0.844 bits per heavy atom. The molecule has 0 aliphatic rings. The molecule has 2 amide bonds. The summed E-state index contributed by atoms with van der Waals surface area (Å²) in [4.78, 5) is 29.3. The van der Waals surface area contributed by atoms with E-state index in [1.165, 1.54) is 5.32 Å². The van der Waals surface area contributed by atoms with E-state index in [1.807, 2.05) is 0 Å². The van der Waals surface area contributed by atoms with Crippen molar-refractivity contribution < 1.29 is 71.1 Å². The van der Waals surface area contributed by atoms with Gasteiger partial charge in [-0.1, -0.05) is 6.07 Å². The van der Waals surface area contributed by atoms with Gasteiger partial charge in [0, 0.05) is 22.4 Å². The number of nitrogens with zero attached hydrogens (tertiary/aromatic N) is 2. The summed E-state index contributed by atoms with van der Waals surface area (Å²) in [6, 6.07) is 2.90. The third-order valence-electron chi connectivity index (χ3n) is 6.07. The second kappa shape index (κ2) is 11.9. The summed E-state index contributed by atoms with van der Waals surface area (Å²) in [6.07, 6.45) is -19.5. The van der Waals surface area contributed by atoms with Crippen molar-refractivity contribution in [3.8, 4) is 0 Å². The number of hydrogen-bond acceptors (Lipinski definition) is 3. The third-order valence-corrected chi connectivity index (χ3v) is 6.93. The lowest BCUT2D eigenvalue weighted by atomic mass is 9.86. The lowest BCUT2D eigenvalue weighted by Gasteiger charge is -2.36. The zero-order valence-corrected chi connectivity index (χ0v) is 23.7. The van der Waals surface area contributed by atoms with E-state index in [0.29, 0.717) is 33.6 Å². The highest BCUT2D eigenvalue weighted by Crippen LogP contribution is 2.59. The molecule has 0 fully saturated rings. The highest BCUT2D eigenvalue weighted by atomic mass is 127. The van der Waals surface area contributed by atoms with Crippen molar-refractivity contribution in [2.24, 2.45) is 0 Å². The van der Waals surface area contributed by atoms with Gasteiger partial charge in [0.05, 0.1) is 28.1 Å². The minimum absolute atomic E-state index is 0.267. The van der Waals surface area contributed by atoms with Crippen molar-refractivity contribution in [3.05, 3.63) is 86.3 Å². The van der Waals surface area contributed by atoms with Crippen LogP contribution >= 0.6 is 22.6 Å². The third kappa shape index (κ3) is 6.50. The van der Waals surface area contributed by atoms with Gasteiger partial charge in [-0.2, -0.15) is 52.7 Å². The van der Waals surface area contributed by atoms with E-state index >= 15 is 4.39 Å². The molecule has 244 valence electrons. The average Bonchev–Trinajstić information content (AvgIpc) is 2.91. The zero-order chi connectivity index (χ0) is 34.5. The maximum Gasteiger partial charge on any atom is 0.457 e. The molecule has 45 heavy (non-hydrogen) atoms. The van der Waals surface area contributed by atoms with Crippen molar-refractivity contribution in [1.29, 1.82) is 0 Å². The molecule has 1 heterocycles. The Morgan fingerprint density at radius 3 is 1.93 bits per heavy atom. The first-order chi connectivity index (χ1) is 20.4. The van der Waals surface area contributed by atoms with Crippen LogP contribution in [0.3, 0.4) is 0 Å². The van der Waals surface area contributed by atoms with Gasteiger partial charge in [-0.25, -0.2) is 13.8 Å². The average molecular weight is 779 g/mol. The number of carbonyl (C=O) groups is 2. The van der Waals surface area contributed by atoms with Crippen LogP contribution in [0.4, 0.5) is 72.8 Å². The summed E-state index contributed by atoms with van der Waals surface area (Å²) in [7, 11) is 0.982. The lowest BCUT2D eigenvalue weighted by Crippen LogP contribution is -2.59. The summed E-state index contributed by atoms with van der Waals surface area (Å²) >= 11 is 0.711. The first-order valence-corrected chi connectivity index (χ1v) is 12.5. The molecule has 20 heteroatoms. The summed E-state index contributed by atoms with van der Waals surface area (Å²) in [6.45, 7) is 0. The molecular formula is C25H12F14IN3O2. The Hall–Kier alpha value is -3.72. The molecule has 2 aromatic carbocycles. The van der Waals surface area contributed by atoms with Crippen LogP contribution < -0.4 is 10.2 Å². The number of benzene rings is 2. The Kier molecular flexibility index (Phi) is 9.45. The molecule has 0 aliphatic heterocycles. The van der Waals surface area contributed by atoms with E-state index in [9.17, 15) is 66.7 Å². The lowest BCUT2D eigenvalue weighted by molar-refractivity contribution is -0.389. The first-order valence-electron chi connectivity index (χ1n) is 11.5. The van der Waals surface area contributed by atoms with E-state index in [4.69, 9.17) is 0 Å². The van der Waals surface area contributed by atoms with E-state index in [2.05, 4.69) is 4.98 Å². The maximum absolute atomic E-state index is 15.3. The number of carbonyl (C=O) groups excluding carboxylic acids is 2. The molecule has 1 N–H and O–H groups in total. The standard InChI is InChI=1S/C25H12F14IN3O2/c1-43(20(45)10-5-6-16(26)41-9-10)15-4-2-3-12(17(15)27)19(44)42-18-13(22(29,30)31)7-11(8-14(18)40)21(28,24(34,35)36)23(32,33)25(37,38)39/h2-9H,1H3,(H,42,44). The van der Waals surface area contributed by atoms with Crippen LogP contribution in [0.15, 0.2) is 48.7 Å². The Morgan fingerprint density at radius 2 is 1.44 bits per heavy atom. The molecule has 1 aromatic heterocycles. The van der Waals surface area contributed by atoms with Crippen LogP contribution in [0.5, 0.6) is 0 Å².